The second-order valence-corrected chi connectivity index (χ2v) is 4.10. The predicted octanol–water partition coefficient (Wildman–Crippen LogP) is 0.204. The van der Waals surface area contributed by atoms with Gasteiger partial charge in [-0.1, -0.05) is 6.07 Å². The van der Waals surface area contributed by atoms with Gasteiger partial charge in [0.25, 0.3) is 0 Å². The van der Waals surface area contributed by atoms with Gasteiger partial charge < -0.3 is 15.8 Å². The topological polar surface area (TPSA) is 77.2 Å². The molecule has 0 bridgehead atoms. The van der Waals surface area contributed by atoms with Gasteiger partial charge in [-0.15, -0.1) is 0 Å². The molecular formula is C12H17N3O2. The van der Waals surface area contributed by atoms with Crippen molar-refractivity contribution in [3.05, 3.63) is 30.1 Å². The second kappa shape index (κ2) is 5.75. The van der Waals surface area contributed by atoms with Crippen LogP contribution in [0, 0.1) is 0 Å². The molecule has 5 nitrogen and oxygen atoms in total. The number of carbonyl (C=O) groups is 1. The molecule has 1 fully saturated rings. The van der Waals surface area contributed by atoms with Crippen LogP contribution in [0.4, 0.5) is 0 Å². The zero-order valence-electron chi connectivity index (χ0n) is 9.63. The van der Waals surface area contributed by atoms with Crippen molar-refractivity contribution >= 4 is 5.91 Å². The van der Waals surface area contributed by atoms with Gasteiger partial charge in [0.05, 0.1) is 18.3 Å². The first-order chi connectivity index (χ1) is 8.29. The van der Waals surface area contributed by atoms with Gasteiger partial charge in [0.2, 0.25) is 5.91 Å². The molecule has 5 heteroatoms. The molecule has 1 aliphatic rings. The Hall–Kier alpha value is -1.46. The Balaban J connectivity index is 1.78. The molecule has 3 N–H and O–H groups in total. The average molecular weight is 235 g/mol. The van der Waals surface area contributed by atoms with E-state index in [1.165, 1.54) is 0 Å². The van der Waals surface area contributed by atoms with Gasteiger partial charge in [-0.2, -0.15) is 0 Å². The lowest BCUT2D eigenvalue weighted by Gasteiger charge is -2.12. The lowest BCUT2D eigenvalue weighted by molar-refractivity contribution is -0.132. The number of hydrogen-bond acceptors (Lipinski definition) is 4. The van der Waals surface area contributed by atoms with Crippen molar-refractivity contribution < 1.29 is 9.53 Å². The lowest BCUT2D eigenvalue weighted by Crippen LogP contribution is -2.35. The highest BCUT2D eigenvalue weighted by molar-refractivity contribution is 5.80. The summed E-state index contributed by atoms with van der Waals surface area (Å²) in [5, 5.41) is 2.82. The summed E-state index contributed by atoms with van der Waals surface area (Å²) < 4.78 is 5.50. The molecule has 0 aromatic carbocycles. The van der Waals surface area contributed by atoms with Crippen molar-refractivity contribution in [2.75, 3.05) is 6.54 Å². The first kappa shape index (κ1) is 12.0. The monoisotopic (exact) mass is 235 g/mol. The van der Waals surface area contributed by atoms with Crippen LogP contribution in [0.3, 0.4) is 0 Å². The summed E-state index contributed by atoms with van der Waals surface area (Å²) in [6.45, 7) is 0.914. The number of rotatable bonds is 4. The van der Waals surface area contributed by atoms with Gasteiger partial charge in [0.1, 0.15) is 6.10 Å². The maximum absolute atomic E-state index is 11.8. The maximum Gasteiger partial charge on any atom is 0.249 e. The molecule has 1 amide bonds. The molecule has 17 heavy (non-hydrogen) atoms. The van der Waals surface area contributed by atoms with E-state index in [1.807, 2.05) is 18.2 Å². The molecule has 2 rings (SSSR count). The molecule has 2 unspecified atom stereocenters. The number of nitrogens with two attached hydrogens (primary N) is 1. The van der Waals surface area contributed by atoms with E-state index in [4.69, 9.17) is 10.5 Å². The highest BCUT2D eigenvalue weighted by Gasteiger charge is 2.29. The third-order valence-electron chi connectivity index (χ3n) is 2.83. The Morgan fingerprint density at radius 1 is 1.53 bits per heavy atom. The number of pyridine rings is 1. The summed E-state index contributed by atoms with van der Waals surface area (Å²) in [5.74, 6) is -0.0772. The van der Waals surface area contributed by atoms with E-state index >= 15 is 0 Å². The Labute approximate surface area is 100 Å². The Morgan fingerprint density at radius 2 is 2.41 bits per heavy atom. The van der Waals surface area contributed by atoms with Crippen molar-refractivity contribution in [2.45, 2.75) is 31.6 Å². The van der Waals surface area contributed by atoms with Crippen LogP contribution in [0.25, 0.3) is 0 Å². The normalized spacial score (nSPS) is 23.6. The van der Waals surface area contributed by atoms with E-state index in [-0.39, 0.29) is 18.1 Å². The van der Waals surface area contributed by atoms with Gasteiger partial charge in [-0.3, -0.25) is 9.78 Å². The zero-order valence-corrected chi connectivity index (χ0v) is 9.63. The lowest BCUT2D eigenvalue weighted by atomic mass is 10.2. The standard InChI is InChI=1S/C12H17N3O2/c13-7-10-4-5-11(17-10)12(16)15-8-9-3-1-2-6-14-9/h1-3,6,10-11H,4-5,7-8,13H2,(H,15,16). The minimum absolute atomic E-state index is 0.0283. The van der Waals surface area contributed by atoms with Crippen molar-refractivity contribution in [3.8, 4) is 0 Å². The van der Waals surface area contributed by atoms with E-state index in [9.17, 15) is 4.79 Å². The molecular weight excluding hydrogens is 218 g/mol. The number of nitrogens with one attached hydrogen (secondary N) is 1. The first-order valence-corrected chi connectivity index (χ1v) is 5.82. The second-order valence-electron chi connectivity index (χ2n) is 4.10. The van der Waals surface area contributed by atoms with E-state index in [0.29, 0.717) is 13.1 Å². The van der Waals surface area contributed by atoms with Crippen molar-refractivity contribution in [1.82, 2.24) is 10.3 Å². The number of aromatic nitrogens is 1. The SMILES string of the molecule is NCC1CCC(C(=O)NCc2ccccn2)O1. The van der Waals surface area contributed by atoms with Gasteiger partial charge in [0.15, 0.2) is 0 Å². The number of carbonyl (C=O) groups excluding carboxylic acids is 1. The highest BCUT2D eigenvalue weighted by Crippen LogP contribution is 2.18. The van der Waals surface area contributed by atoms with E-state index in [0.717, 1.165) is 18.5 Å². The molecule has 1 aromatic rings. The molecule has 2 heterocycles. The molecule has 92 valence electrons. The number of ether oxygens (including phenoxy) is 1. The number of hydrogen-bond donors (Lipinski definition) is 2. The van der Waals surface area contributed by atoms with Crippen LogP contribution < -0.4 is 11.1 Å². The van der Waals surface area contributed by atoms with Crippen LogP contribution in [0.2, 0.25) is 0 Å². The summed E-state index contributed by atoms with van der Waals surface area (Å²) in [7, 11) is 0. The van der Waals surface area contributed by atoms with Crippen LogP contribution in [-0.4, -0.2) is 29.6 Å². The number of amides is 1. The predicted molar refractivity (Wildman–Crippen MR) is 63.0 cm³/mol. The number of nitrogens with zero attached hydrogens (tertiary/aromatic N) is 1. The average Bonchev–Trinajstić information content (AvgIpc) is 2.86. The minimum Gasteiger partial charge on any atom is -0.364 e. The third-order valence-corrected chi connectivity index (χ3v) is 2.83. The summed E-state index contributed by atoms with van der Waals surface area (Å²) in [5.41, 5.74) is 6.34. The zero-order chi connectivity index (χ0) is 12.1. The van der Waals surface area contributed by atoms with Crippen molar-refractivity contribution in [3.63, 3.8) is 0 Å². The van der Waals surface area contributed by atoms with Crippen molar-refractivity contribution in [1.29, 1.82) is 0 Å². The summed E-state index contributed by atoms with van der Waals surface area (Å²) >= 11 is 0. The third kappa shape index (κ3) is 3.25. The summed E-state index contributed by atoms with van der Waals surface area (Å²) in [6, 6.07) is 5.61. The molecule has 1 aliphatic heterocycles. The Kier molecular flexibility index (Phi) is 4.06. The fourth-order valence-electron chi connectivity index (χ4n) is 1.87. The summed E-state index contributed by atoms with van der Waals surface area (Å²) in [6.07, 6.45) is 2.99. The highest BCUT2D eigenvalue weighted by atomic mass is 16.5. The molecule has 0 spiro atoms. The smallest absolute Gasteiger partial charge is 0.249 e. The Morgan fingerprint density at radius 3 is 3.06 bits per heavy atom. The van der Waals surface area contributed by atoms with Crippen LogP contribution in [0.1, 0.15) is 18.5 Å². The van der Waals surface area contributed by atoms with E-state index in [2.05, 4.69) is 10.3 Å². The summed E-state index contributed by atoms with van der Waals surface area (Å²) in [4.78, 5) is 15.9. The molecule has 1 saturated heterocycles. The molecule has 0 saturated carbocycles. The first-order valence-electron chi connectivity index (χ1n) is 5.82. The largest absolute Gasteiger partial charge is 0.364 e. The van der Waals surface area contributed by atoms with Crippen LogP contribution in [-0.2, 0) is 16.1 Å². The van der Waals surface area contributed by atoms with Crippen LogP contribution >= 0.6 is 0 Å². The van der Waals surface area contributed by atoms with E-state index in [1.54, 1.807) is 6.20 Å². The Bertz CT molecular complexity index is 369. The maximum atomic E-state index is 11.8. The van der Waals surface area contributed by atoms with E-state index < -0.39 is 0 Å². The van der Waals surface area contributed by atoms with Gasteiger partial charge >= 0.3 is 0 Å². The molecule has 0 aliphatic carbocycles. The fourth-order valence-corrected chi connectivity index (χ4v) is 1.87. The minimum atomic E-state index is -0.354. The van der Waals surface area contributed by atoms with Gasteiger partial charge in [-0.25, -0.2) is 0 Å². The molecule has 0 radical (unpaired) electrons. The van der Waals surface area contributed by atoms with Gasteiger partial charge in [-0.05, 0) is 25.0 Å². The molecule has 2 atom stereocenters. The van der Waals surface area contributed by atoms with Gasteiger partial charge in [0, 0.05) is 12.7 Å². The van der Waals surface area contributed by atoms with Crippen LogP contribution in [0.5, 0.6) is 0 Å². The molecule has 1 aromatic heterocycles. The van der Waals surface area contributed by atoms with Crippen LogP contribution in [0.15, 0.2) is 24.4 Å². The van der Waals surface area contributed by atoms with Crippen molar-refractivity contribution in [2.24, 2.45) is 5.73 Å². The quantitative estimate of drug-likeness (QED) is 0.781. The fraction of sp³-hybridized carbons (Fsp3) is 0.500.